The van der Waals surface area contributed by atoms with Gasteiger partial charge in [0.05, 0.1) is 5.75 Å². The fourth-order valence-corrected chi connectivity index (χ4v) is 3.84. The molecule has 0 heterocycles. The lowest BCUT2D eigenvalue weighted by molar-refractivity contribution is -0.138. The highest BCUT2D eigenvalue weighted by Crippen LogP contribution is 2.17. The summed E-state index contributed by atoms with van der Waals surface area (Å²) < 4.78 is 0. The number of rotatable bonds is 10. The van der Waals surface area contributed by atoms with Gasteiger partial charge in [-0.05, 0) is 43.0 Å². The molecule has 0 saturated carbocycles. The highest BCUT2D eigenvalue weighted by atomic mass is 35.5. The third kappa shape index (κ3) is 8.04. The first-order valence-corrected chi connectivity index (χ1v) is 11.7. The molecule has 1 N–H and O–H groups in total. The number of aryl methyl sites for hydroxylation is 1. The highest BCUT2D eigenvalue weighted by molar-refractivity contribution is 7.99. The molecule has 2 rings (SSSR count). The molecule has 0 spiro atoms. The predicted octanol–water partition coefficient (Wildman–Crippen LogP) is 5.07. The summed E-state index contributed by atoms with van der Waals surface area (Å²) in [6.45, 7) is 8.90. The Labute approximate surface area is 189 Å². The maximum atomic E-state index is 13.0. The molecule has 6 heteroatoms. The summed E-state index contributed by atoms with van der Waals surface area (Å²) in [5.74, 6) is 1.26. The Morgan fingerprint density at radius 2 is 1.60 bits per heavy atom. The van der Waals surface area contributed by atoms with E-state index in [0.717, 1.165) is 11.3 Å². The molecule has 2 aromatic rings. The summed E-state index contributed by atoms with van der Waals surface area (Å²) in [5.41, 5.74) is 3.35. The van der Waals surface area contributed by atoms with Gasteiger partial charge in [-0.1, -0.05) is 67.4 Å². The van der Waals surface area contributed by atoms with Crippen LogP contribution in [0.4, 0.5) is 0 Å². The van der Waals surface area contributed by atoms with Crippen molar-refractivity contribution in [2.45, 2.75) is 46.0 Å². The second kappa shape index (κ2) is 12.0. The number of nitrogens with one attached hydrogen (secondary N) is 1. The van der Waals surface area contributed by atoms with Gasteiger partial charge in [0.15, 0.2) is 0 Å². The second-order valence-corrected chi connectivity index (χ2v) is 9.36. The molecule has 0 bridgehead atoms. The summed E-state index contributed by atoms with van der Waals surface area (Å²) in [7, 11) is 0. The Kier molecular flexibility index (Phi) is 9.73. The van der Waals surface area contributed by atoms with Gasteiger partial charge in [0, 0.05) is 23.9 Å². The molecule has 0 radical (unpaired) electrons. The molecule has 4 nitrogen and oxygen atoms in total. The van der Waals surface area contributed by atoms with E-state index < -0.39 is 6.04 Å². The van der Waals surface area contributed by atoms with Crippen molar-refractivity contribution in [3.8, 4) is 0 Å². The van der Waals surface area contributed by atoms with Crippen molar-refractivity contribution < 1.29 is 9.59 Å². The summed E-state index contributed by atoms with van der Waals surface area (Å²) >= 11 is 7.55. The van der Waals surface area contributed by atoms with Crippen molar-refractivity contribution in [1.82, 2.24) is 10.2 Å². The number of amides is 2. The minimum absolute atomic E-state index is 0.0470. The van der Waals surface area contributed by atoms with Crippen LogP contribution in [-0.2, 0) is 21.9 Å². The molecular weight excluding hydrogens is 416 g/mol. The first-order valence-electron chi connectivity index (χ1n) is 10.2. The van der Waals surface area contributed by atoms with Gasteiger partial charge < -0.3 is 10.2 Å². The molecule has 0 aliphatic heterocycles. The molecule has 2 amide bonds. The lowest BCUT2D eigenvalue weighted by Crippen LogP contribution is -2.48. The Hall–Kier alpha value is -1.98. The quantitative estimate of drug-likeness (QED) is 0.554. The van der Waals surface area contributed by atoms with Crippen molar-refractivity contribution >= 4 is 35.2 Å². The van der Waals surface area contributed by atoms with Crippen molar-refractivity contribution in [3.63, 3.8) is 0 Å². The fourth-order valence-electron chi connectivity index (χ4n) is 2.84. The van der Waals surface area contributed by atoms with Crippen LogP contribution in [0.25, 0.3) is 0 Å². The van der Waals surface area contributed by atoms with Crippen LogP contribution in [0, 0.1) is 12.8 Å². The average molecular weight is 447 g/mol. The molecule has 0 aromatic heterocycles. The zero-order valence-electron chi connectivity index (χ0n) is 18.2. The van der Waals surface area contributed by atoms with Gasteiger partial charge in [-0.2, -0.15) is 0 Å². The molecule has 0 aliphatic rings. The Balaban J connectivity index is 2.04. The molecule has 2 aromatic carbocycles. The molecular formula is C24H31ClN2O2S. The Morgan fingerprint density at radius 1 is 1.00 bits per heavy atom. The van der Waals surface area contributed by atoms with Crippen molar-refractivity contribution in [3.05, 3.63) is 70.2 Å². The van der Waals surface area contributed by atoms with Crippen LogP contribution in [0.1, 0.15) is 37.5 Å². The van der Waals surface area contributed by atoms with Crippen molar-refractivity contribution in [2.75, 3.05) is 12.3 Å². The van der Waals surface area contributed by atoms with Gasteiger partial charge in [-0.25, -0.2) is 0 Å². The number of carbonyl (C=O) groups excluding carboxylic acids is 2. The zero-order valence-corrected chi connectivity index (χ0v) is 19.7. The molecule has 1 atom stereocenters. The van der Waals surface area contributed by atoms with Crippen LogP contribution in [0.3, 0.4) is 0 Å². The number of hydrogen-bond acceptors (Lipinski definition) is 3. The number of benzene rings is 2. The van der Waals surface area contributed by atoms with Crippen LogP contribution in [0.2, 0.25) is 5.02 Å². The maximum Gasteiger partial charge on any atom is 0.242 e. The molecule has 30 heavy (non-hydrogen) atoms. The van der Waals surface area contributed by atoms with Crippen LogP contribution in [-0.4, -0.2) is 35.1 Å². The predicted molar refractivity (Wildman–Crippen MR) is 127 cm³/mol. The van der Waals surface area contributed by atoms with Gasteiger partial charge in [0.2, 0.25) is 11.8 Å². The van der Waals surface area contributed by atoms with Gasteiger partial charge in [0.1, 0.15) is 6.04 Å². The summed E-state index contributed by atoms with van der Waals surface area (Å²) in [5, 5.41) is 3.58. The minimum Gasteiger partial charge on any atom is -0.354 e. The van der Waals surface area contributed by atoms with E-state index in [1.807, 2.05) is 26.0 Å². The number of thioether (sulfide) groups is 1. The van der Waals surface area contributed by atoms with E-state index >= 15 is 0 Å². The zero-order chi connectivity index (χ0) is 22.1. The van der Waals surface area contributed by atoms with E-state index in [0.29, 0.717) is 29.8 Å². The minimum atomic E-state index is -0.549. The lowest BCUT2D eigenvalue weighted by atomic mass is 10.1. The van der Waals surface area contributed by atoms with E-state index in [2.05, 4.69) is 36.5 Å². The molecule has 162 valence electrons. The largest absolute Gasteiger partial charge is 0.354 e. The number of nitrogens with zero attached hydrogens (tertiary/aromatic N) is 1. The van der Waals surface area contributed by atoms with Crippen molar-refractivity contribution in [1.29, 1.82) is 0 Å². The first-order chi connectivity index (χ1) is 14.3. The van der Waals surface area contributed by atoms with E-state index in [1.54, 1.807) is 35.7 Å². The van der Waals surface area contributed by atoms with Crippen LogP contribution in [0.5, 0.6) is 0 Å². The standard InChI is InChI=1S/C24H31ClN2O2S/c1-17(2)13-26-24(29)19(4)27(14-20-9-11-22(25)12-10-20)23(28)16-30-15-21-7-5-18(3)6-8-21/h5-12,17,19H,13-16H2,1-4H3,(H,26,29). The number of carbonyl (C=O) groups is 2. The molecule has 0 saturated heterocycles. The van der Waals surface area contributed by atoms with Crippen LogP contribution < -0.4 is 5.32 Å². The van der Waals surface area contributed by atoms with Crippen LogP contribution >= 0.6 is 23.4 Å². The number of halogens is 1. The van der Waals surface area contributed by atoms with Gasteiger partial charge >= 0.3 is 0 Å². The third-order valence-corrected chi connectivity index (χ3v) is 5.97. The van der Waals surface area contributed by atoms with Gasteiger partial charge in [-0.3, -0.25) is 9.59 Å². The monoisotopic (exact) mass is 446 g/mol. The van der Waals surface area contributed by atoms with E-state index in [9.17, 15) is 9.59 Å². The smallest absolute Gasteiger partial charge is 0.242 e. The summed E-state index contributed by atoms with van der Waals surface area (Å²) in [6.07, 6.45) is 0. The third-order valence-electron chi connectivity index (χ3n) is 4.73. The van der Waals surface area contributed by atoms with E-state index in [-0.39, 0.29) is 11.8 Å². The maximum absolute atomic E-state index is 13.0. The number of hydrogen-bond donors (Lipinski definition) is 1. The summed E-state index contributed by atoms with van der Waals surface area (Å²) in [4.78, 5) is 27.3. The normalized spacial score (nSPS) is 11.9. The molecule has 0 fully saturated rings. The average Bonchev–Trinajstić information content (AvgIpc) is 2.72. The van der Waals surface area contributed by atoms with Gasteiger partial charge in [-0.15, -0.1) is 11.8 Å². The highest BCUT2D eigenvalue weighted by Gasteiger charge is 2.26. The van der Waals surface area contributed by atoms with E-state index in [1.165, 1.54) is 11.1 Å². The lowest BCUT2D eigenvalue weighted by Gasteiger charge is -2.29. The Morgan fingerprint density at radius 3 is 2.20 bits per heavy atom. The Bertz CT molecular complexity index is 822. The SMILES string of the molecule is Cc1ccc(CSCC(=O)N(Cc2ccc(Cl)cc2)C(C)C(=O)NCC(C)C)cc1. The second-order valence-electron chi connectivity index (χ2n) is 7.94. The van der Waals surface area contributed by atoms with E-state index in [4.69, 9.17) is 11.6 Å². The fraction of sp³-hybridized carbons (Fsp3) is 0.417. The topological polar surface area (TPSA) is 49.4 Å². The summed E-state index contributed by atoms with van der Waals surface area (Å²) in [6, 6.07) is 15.1. The molecule has 0 aliphatic carbocycles. The van der Waals surface area contributed by atoms with Crippen LogP contribution in [0.15, 0.2) is 48.5 Å². The van der Waals surface area contributed by atoms with Crippen molar-refractivity contribution in [2.24, 2.45) is 5.92 Å². The van der Waals surface area contributed by atoms with Gasteiger partial charge in [0.25, 0.3) is 0 Å². The molecule has 1 unspecified atom stereocenters. The first kappa shape index (κ1) is 24.3.